The average molecular weight is 458 g/mol. The molecule has 1 saturated heterocycles. The molecule has 33 heavy (non-hydrogen) atoms. The summed E-state index contributed by atoms with van der Waals surface area (Å²) < 4.78 is 0. The van der Waals surface area contributed by atoms with E-state index in [1.165, 1.54) is 17.3 Å². The highest BCUT2D eigenvalue weighted by Crippen LogP contribution is 2.31. The summed E-state index contributed by atoms with van der Waals surface area (Å²) in [6.45, 7) is 1.09. The Morgan fingerprint density at radius 2 is 1.42 bits per heavy atom. The number of hydrogen-bond donors (Lipinski definition) is 1. The van der Waals surface area contributed by atoms with Crippen molar-refractivity contribution in [1.82, 2.24) is 10.2 Å². The van der Waals surface area contributed by atoms with Crippen molar-refractivity contribution in [3.63, 3.8) is 0 Å². The van der Waals surface area contributed by atoms with E-state index >= 15 is 0 Å². The Balaban J connectivity index is 1.39. The molecule has 0 saturated carbocycles. The van der Waals surface area contributed by atoms with Crippen LogP contribution in [0.2, 0.25) is 0 Å². The van der Waals surface area contributed by atoms with Crippen LogP contribution in [-0.2, 0) is 22.4 Å². The fourth-order valence-electron chi connectivity index (χ4n) is 3.66. The first-order valence-electron chi connectivity index (χ1n) is 11.2. The highest BCUT2D eigenvalue weighted by Gasteiger charge is 2.38. The molecule has 1 heterocycles. The monoisotopic (exact) mass is 457 g/mol. The summed E-state index contributed by atoms with van der Waals surface area (Å²) in [7, 11) is 0. The number of amides is 2. The highest BCUT2D eigenvalue weighted by atomic mass is 32.2. The van der Waals surface area contributed by atoms with Gasteiger partial charge in [-0.3, -0.25) is 14.5 Å². The Kier molecular flexibility index (Phi) is 7.93. The fraction of sp³-hybridized carbons (Fsp3) is 0.222. The van der Waals surface area contributed by atoms with Crippen molar-refractivity contribution in [2.45, 2.75) is 24.5 Å². The minimum atomic E-state index is -0.458. The summed E-state index contributed by atoms with van der Waals surface area (Å²) in [4.78, 5) is 32.2. The van der Waals surface area contributed by atoms with Crippen LogP contribution in [0.25, 0.3) is 0 Å². The van der Waals surface area contributed by atoms with Gasteiger partial charge in [-0.25, -0.2) is 4.99 Å². The molecule has 1 atom stereocenters. The zero-order valence-corrected chi connectivity index (χ0v) is 19.2. The highest BCUT2D eigenvalue weighted by molar-refractivity contribution is 8.15. The van der Waals surface area contributed by atoms with Crippen LogP contribution in [-0.4, -0.2) is 40.2 Å². The maximum atomic E-state index is 13.2. The first kappa shape index (κ1) is 22.8. The number of para-hydroxylation sites is 1. The lowest BCUT2D eigenvalue weighted by Gasteiger charge is -2.16. The van der Waals surface area contributed by atoms with E-state index in [0.717, 1.165) is 24.1 Å². The molecule has 0 radical (unpaired) electrons. The third kappa shape index (κ3) is 6.56. The largest absolute Gasteiger partial charge is 0.356 e. The van der Waals surface area contributed by atoms with Gasteiger partial charge in [0.1, 0.15) is 5.25 Å². The number of nitrogens with zero attached hydrogens (tertiary/aromatic N) is 2. The average Bonchev–Trinajstić information content (AvgIpc) is 3.13. The van der Waals surface area contributed by atoms with Crippen LogP contribution < -0.4 is 5.32 Å². The molecule has 1 aliphatic heterocycles. The molecule has 1 N–H and O–H groups in total. The van der Waals surface area contributed by atoms with E-state index in [9.17, 15) is 9.59 Å². The maximum Gasteiger partial charge on any atom is 0.242 e. The van der Waals surface area contributed by atoms with E-state index in [4.69, 9.17) is 4.99 Å². The van der Waals surface area contributed by atoms with E-state index < -0.39 is 5.25 Å². The second-order valence-corrected chi connectivity index (χ2v) is 9.02. The minimum Gasteiger partial charge on any atom is -0.356 e. The number of nitrogens with one attached hydrogen (secondary N) is 1. The van der Waals surface area contributed by atoms with Gasteiger partial charge in [0.2, 0.25) is 11.8 Å². The van der Waals surface area contributed by atoms with Gasteiger partial charge in [0.05, 0.1) is 5.69 Å². The van der Waals surface area contributed by atoms with Gasteiger partial charge in [-0.1, -0.05) is 90.6 Å². The summed E-state index contributed by atoms with van der Waals surface area (Å²) in [6, 6.07) is 29.7. The van der Waals surface area contributed by atoms with Crippen LogP contribution in [0.4, 0.5) is 5.69 Å². The van der Waals surface area contributed by atoms with Gasteiger partial charge in [0, 0.05) is 19.5 Å². The molecule has 2 amide bonds. The molecule has 3 aromatic carbocycles. The Morgan fingerprint density at radius 3 is 2.06 bits per heavy atom. The molecule has 5 nitrogen and oxygen atoms in total. The minimum absolute atomic E-state index is 0.0520. The second-order valence-electron chi connectivity index (χ2n) is 7.85. The van der Waals surface area contributed by atoms with Crippen molar-refractivity contribution < 1.29 is 9.59 Å². The molecule has 4 rings (SSSR count). The molecular weight excluding hydrogens is 430 g/mol. The quantitative estimate of drug-likeness (QED) is 0.510. The van der Waals surface area contributed by atoms with Crippen molar-refractivity contribution in [2.75, 3.05) is 13.1 Å². The van der Waals surface area contributed by atoms with Crippen molar-refractivity contribution in [2.24, 2.45) is 4.99 Å². The van der Waals surface area contributed by atoms with E-state index in [1.54, 1.807) is 4.90 Å². The van der Waals surface area contributed by atoms with Gasteiger partial charge in [-0.05, 0) is 36.1 Å². The summed E-state index contributed by atoms with van der Waals surface area (Å²) in [5.74, 6) is -0.162. The Bertz CT molecular complexity index is 1090. The maximum absolute atomic E-state index is 13.2. The number of amidine groups is 1. The summed E-state index contributed by atoms with van der Waals surface area (Å²) >= 11 is 1.38. The van der Waals surface area contributed by atoms with Crippen LogP contribution in [0.5, 0.6) is 0 Å². The fourth-order valence-corrected chi connectivity index (χ4v) is 4.84. The third-order valence-electron chi connectivity index (χ3n) is 5.42. The van der Waals surface area contributed by atoms with Crippen LogP contribution >= 0.6 is 11.8 Å². The van der Waals surface area contributed by atoms with Crippen molar-refractivity contribution in [1.29, 1.82) is 0 Å². The molecule has 3 aromatic rings. The molecule has 0 aromatic heterocycles. The van der Waals surface area contributed by atoms with E-state index in [-0.39, 0.29) is 18.2 Å². The molecular formula is C27H27N3O2S. The SMILES string of the molecule is O=C(CC1SC(=Nc2ccccc2)N(CCc2ccccc2)C1=O)NCCc1ccccc1. The zero-order chi connectivity index (χ0) is 22.9. The van der Waals surface area contributed by atoms with Gasteiger partial charge in [0.25, 0.3) is 0 Å². The second kappa shape index (κ2) is 11.5. The number of thioether (sulfide) groups is 1. The van der Waals surface area contributed by atoms with Gasteiger partial charge >= 0.3 is 0 Å². The third-order valence-corrected chi connectivity index (χ3v) is 6.59. The molecule has 1 fully saturated rings. The van der Waals surface area contributed by atoms with Crippen molar-refractivity contribution in [3.05, 3.63) is 102 Å². The Hall–Kier alpha value is -3.38. The zero-order valence-electron chi connectivity index (χ0n) is 18.4. The van der Waals surface area contributed by atoms with Crippen LogP contribution in [0, 0.1) is 0 Å². The Morgan fingerprint density at radius 1 is 0.848 bits per heavy atom. The topological polar surface area (TPSA) is 61.8 Å². The lowest BCUT2D eigenvalue weighted by Crippen LogP contribution is -2.36. The molecule has 6 heteroatoms. The van der Waals surface area contributed by atoms with Gasteiger partial charge in [-0.2, -0.15) is 0 Å². The molecule has 168 valence electrons. The Labute approximate surface area is 198 Å². The number of benzene rings is 3. The normalized spacial score (nSPS) is 16.8. The smallest absolute Gasteiger partial charge is 0.242 e. The standard InChI is InChI=1S/C27H27N3O2S/c31-25(28-18-16-21-10-4-1-5-11-21)20-24-26(32)30(19-17-22-12-6-2-7-13-22)27(33-24)29-23-14-8-3-9-15-23/h1-15,24H,16-20H2,(H,28,31). The number of carbonyl (C=O) groups is 2. The van der Waals surface area contributed by atoms with E-state index in [2.05, 4.69) is 17.4 Å². The predicted molar refractivity (Wildman–Crippen MR) is 135 cm³/mol. The van der Waals surface area contributed by atoms with Crippen LogP contribution in [0.15, 0.2) is 96.0 Å². The predicted octanol–water partition coefficient (Wildman–Crippen LogP) is 4.61. The molecule has 0 spiro atoms. The summed E-state index contributed by atoms with van der Waals surface area (Å²) in [5, 5.41) is 3.15. The van der Waals surface area contributed by atoms with Crippen LogP contribution in [0.3, 0.4) is 0 Å². The summed E-state index contributed by atoms with van der Waals surface area (Å²) in [5.41, 5.74) is 3.13. The van der Waals surface area contributed by atoms with Gasteiger partial charge in [-0.15, -0.1) is 0 Å². The first-order chi connectivity index (χ1) is 16.2. The van der Waals surface area contributed by atoms with Crippen molar-refractivity contribution >= 4 is 34.4 Å². The molecule has 0 aliphatic carbocycles. The van der Waals surface area contributed by atoms with Crippen molar-refractivity contribution in [3.8, 4) is 0 Å². The molecule has 0 bridgehead atoms. The van der Waals surface area contributed by atoms with Crippen LogP contribution in [0.1, 0.15) is 17.5 Å². The number of rotatable bonds is 9. The lowest BCUT2D eigenvalue weighted by molar-refractivity contribution is -0.129. The number of hydrogen-bond acceptors (Lipinski definition) is 4. The summed E-state index contributed by atoms with van der Waals surface area (Å²) in [6.07, 6.45) is 1.65. The van der Waals surface area contributed by atoms with Gasteiger partial charge < -0.3 is 5.32 Å². The van der Waals surface area contributed by atoms with E-state index in [1.807, 2.05) is 78.9 Å². The van der Waals surface area contributed by atoms with Gasteiger partial charge in [0.15, 0.2) is 5.17 Å². The lowest BCUT2D eigenvalue weighted by atomic mass is 10.1. The van der Waals surface area contributed by atoms with E-state index in [0.29, 0.717) is 18.3 Å². The molecule has 1 unspecified atom stereocenters. The number of carbonyl (C=O) groups excluding carboxylic acids is 2. The first-order valence-corrected chi connectivity index (χ1v) is 12.0. The molecule has 1 aliphatic rings. The number of aliphatic imine (C=N–C) groups is 1.